The van der Waals surface area contributed by atoms with Crippen molar-refractivity contribution in [2.45, 2.75) is 23.5 Å². The number of hydrogen-bond acceptors (Lipinski definition) is 6. The molecular formula is C26H25ClN2O6S. The summed E-state index contributed by atoms with van der Waals surface area (Å²) >= 11 is 6.98. The van der Waals surface area contributed by atoms with E-state index in [-0.39, 0.29) is 18.9 Å². The van der Waals surface area contributed by atoms with Crippen molar-refractivity contribution in [3.05, 3.63) is 83.4 Å². The average Bonchev–Trinajstić information content (AvgIpc) is 2.85. The number of hydrogen-bond donors (Lipinski definition) is 3. The van der Waals surface area contributed by atoms with Crippen LogP contribution in [-0.4, -0.2) is 41.5 Å². The zero-order chi connectivity index (χ0) is 25.9. The van der Waals surface area contributed by atoms with Gasteiger partial charge in [0.25, 0.3) is 5.91 Å². The van der Waals surface area contributed by atoms with Crippen molar-refractivity contribution in [3.63, 3.8) is 0 Å². The molecule has 0 spiro atoms. The number of carbonyl (C=O) groups excluding carboxylic acids is 2. The van der Waals surface area contributed by atoms with Gasteiger partial charge in [0.2, 0.25) is 0 Å². The van der Waals surface area contributed by atoms with Crippen LogP contribution in [0.25, 0.3) is 0 Å². The molecule has 3 aromatic carbocycles. The lowest BCUT2D eigenvalue weighted by atomic mass is 10.2. The van der Waals surface area contributed by atoms with E-state index in [1.807, 2.05) is 6.92 Å². The van der Waals surface area contributed by atoms with Gasteiger partial charge in [-0.25, -0.2) is 4.79 Å². The fraction of sp³-hybridized carbons (Fsp3) is 0.192. The number of carboxylic acid groups (broad SMARTS) is 1. The van der Waals surface area contributed by atoms with E-state index in [4.69, 9.17) is 21.1 Å². The number of carboxylic acids is 1. The van der Waals surface area contributed by atoms with Crippen LogP contribution in [0.1, 0.15) is 23.7 Å². The number of benzene rings is 3. The molecule has 0 aliphatic heterocycles. The van der Waals surface area contributed by atoms with Crippen LogP contribution in [0.3, 0.4) is 0 Å². The van der Waals surface area contributed by atoms with E-state index in [2.05, 4.69) is 10.6 Å². The van der Waals surface area contributed by atoms with E-state index in [1.165, 1.54) is 0 Å². The third-order valence-corrected chi connectivity index (χ3v) is 6.30. The first-order valence-electron chi connectivity index (χ1n) is 11.1. The molecule has 1 unspecified atom stereocenters. The first-order valence-corrected chi connectivity index (χ1v) is 12.3. The van der Waals surface area contributed by atoms with Crippen molar-refractivity contribution >= 4 is 52.7 Å². The largest absolute Gasteiger partial charge is 0.494 e. The molecule has 0 radical (unpaired) electrons. The quantitative estimate of drug-likeness (QED) is 0.255. The molecule has 2 amide bonds. The number of thioether (sulfide) groups is 1. The Morgan fingerprint density at radius 2 is 1.69 bits per heavy atom. The van der Waals surface area contributed by atoms with E-state index in [0.717, 1.165) is 11.8 Å². The average molecular weight is 529 g/mol. The maximum atomic E-state index is 12.3. The molecule has 0 saturated heterocycles. The van der Waals surface area contributed by atoms with E-state index in [1.54, 1.807) is 72.8 Å². The Kier molecular flexibility index (Phi) is 10.0. The van der Waals surface area contributed by atoms with Crippen LogP contribution in [0, 0.1) is 0 Å². The molecule has 0 fully saturated rings. The van der Waals surface area contributed by atoms with E-state index in [9.17, 15) is 19.5 Å². The van der Waals surface area contributed by atoms with Gasteiger partial charge in [-0.05, 0) is 67.6 Å². The van der Waals surface area contributed by atoms with Gasteiger partial charge in [0.05, 0.1) is 13.2 Å². The zero-order valence-corrected chi connectivity index (χ0v) is 21.0. The van der Waals surface area contributed by atoms with Crippen molar-refractivity contribution in [1.29, 1.82) is 0 Å². The Hall–Kier alpha value is -3.69. The summed E-state index contributed by atoms with van der Waals surface area (Å²) in [4.78, 5) is 36.8. The van der Waals surface area contributed by atoms with Gasteiger partial charge in [-0.3, -0.25) is 14.9 Å². The molecule has 3 rings (SSSR count). The number of amides is 2. The molecule has 0 aliphatic rings. The molecule has 1 atom stereocenters. The molecule has 188 valence electrons. The molecule has 0 aliphatic carbocycles. The van der Waals surface area contributed by atoms with Crippen LogP contribution in [0.5, 0.6) is 5.75 Å². The fourth-order valence-corrected chi connectivity index (χ4v) is 4.12. The third kappa shape index (κ3) is 8.51. The van der Waals surface area contributed by atoms with E-state index in [0.29, 0.717) is 39.2 Å². The van der Waals surface area contributed by atoms with Crippen LogP contribution in [0.15, 0.2) is 77.7 Å². The summed E-state index contributed by atoms with van der Waals surface area (Å²) < 4.78 is 10.5. The Morgan fingerprint density at radius 3 is 2.36 bits per heavy atom. The van der Waals surface area contributed by atoms with Gasteiger partial charge in [0.1, 0.15) is 11.0 Å². The second-order valence-electron chi connectivity index (χ2n) is 7.44. The molecule has 0 heterocycles. The first-order chi connectivity index (χ1) is 17.3. The maximum Gasteiger partial charge on any atom is 0.411 e. The third-order valence-electron chi connectivity index (χ3n) is 4.78. The highest BCUT2D eigenvalue weighted by molar-refractivity contribution is 8.00. The molecule has 3 N–H and O–H groups in total. The van der Waals surface area contributed by atoms with Crippen molar-refractivity contribution in [2.24, 2.45) is 0 Å². The molecule has 0 saturated carbocycles. The molecule has 3 aromatic rings. The van der Waals surface area contributed by atoms with Crippen LogP contribution in [0.4, 0.5) is 16.2 Å². The van der Waals surface area contributed by atoms with Crippen LogP contribution in [0.2, 0.25) is 5.02 Å². The summed E-state index contributed by atoms with van der Waals surface area (Å²) in [5.41, 5.74) is 1.55. The van der Waals surface area contributed by atoms with Gasteiger partial charge in [-0.2, -0.15) is 0 Å². The topological polar surface area (TPSA) is 114 Å². The summed E-state index contributed by atoms with van der Waals surface area (Å²) in [6.45, 7) is 2.29. The minimum absolute atomic E-state index is 0.0732. The highest BCUT2D eigenvalue weighted by Crippen LogP contribution is 2.27. The second-order valence-corrected chi connectivity index (χ2v) is 9.15. The number of anilines is 2. The minimum atomic E-state index is -1.02. The molecule has 36 heavy (non-hydrogen) atoms. The Labute approximate surface area is 217 Å². The van der Waals surface area contributed by atoms with Gasteiger partial charge < -0.3 is 19.9 Å². The predicted molar refractivity (Wildman–Crippen MR) is 140 cm³/mol. The zero-order valence-electron chi connectivity index (χ0n) is 19.4. The Bertz CT molecular complexity index is 1190. The van der Waals surface area contributed by atoms with Gasteiger partial charge >= 0.3 is 12.1 Å². The molecule has 8 nitrogen and oxygen atoms in total. The second kappa shape index (κ2) is 13.4. The number of nitrogens with one attached hydrogen (secondary N) is 2. The lowest BCUT2D eigenvalue weighted by Gasteiger charge is -2.13. The van der Waals surface area contributed by atoms with Crippen LogP contribution < -0.4 is 15.4 Å². The molecular weight excluding hydrogens is 504 g/mol. The SMILES string of the molecule is CCOc1cccc(NC(=O)OCCC(Sc2ccc(NC(=O)c3ccc(Cl)cc3)cc2)C(=O)O)c1. The summed E-state index contributed by atoms with van der Waals surface area (Å²) in [5.74, 6) is -0.683. The first kappa shape index (κ1) is 26.9. The van der Waals surface area contributed by atoms with Crippen molar-refractivity contribution in [1.82, 2.24) is 0 Å². The van der Waals surface area contributed by atoms with Gasteiger partial charge in [-0.15, -0.1) is 11.8 Å². The maximum absolute atomic E-state index is 12.3. The Morgan fingerprint density at radius 1 is 0.972 bits per heavy atom. The normalized spacial score (nSPS) is 11.3. The summed E-state index contributed by atoms with van der Waals surface area (Å²) in [7, 11) is 0. The Balaban J connectivity index is 1.48. The van der Waals surface area contributed by atoms with Gasteiger partial charge in [0.15, 0.2) is 0 Å². The minimum Gasteiger partial charge on any atom is -0.494 e. The number of carbonyl (C=O) groups is 3. The van der Waals surface area contributed by atoms with E-state index < -0.39 is 17.3 Å². The molecule has 0 aromatic heterocycles. The van der Waals surface area contributed by atoms with Crippen LogP contribution >= 0.6 is 23.4 Å². The van der Waals surface area contributed by atoms with E-state index >= 15 is 0 Å². The smallest absolute Gasteiger partial charge is 0.411 e. The highest BCUT2D eigenvalue weighted by atomic mass is 35.5. The molecule has 0 bridgehead atoms. The standard InChI is InChI=1S/C26H25ClN2O6S/c1-2-34-21-5-3-4-20(16-21)29-26(33)35-15-14-23(25(31)32)36-22-12-10-19(11-13-22)28-24(30)17-6-8-18(27)9-7-17/h3-13,16,23H,2,14-15H2,1H3,(H,28,30)(H,29,33)(H,31,32). The number of aliphatic carboxylic acids is 1. The summed E-state index contributed by atoms with van der Waals surface area (Å²) in [6, 6.07) is 20.2. The lowest BCUT2D eigenvalue weighted by Crippen LogP contribution is -2.21. The summed E-state index contributed by atoms with van der Waals surface area (Å²) in [6.07, 6.45) is -0.569. The number of rotatable bonds is 11. The number of ether oxygens (including phenoxy) is 2. The number of halogens is 1. The molecule has 10 heteroatoms. The highest BCUT2D eigenvalue weighted by Gasteiger charge is 2.20. The van der Waals surface area contributed by atoms with Crippen molar-refractivity contribution in [3.8, 4) is 5.75 Å². The van der Waals surface area contributed by atoms with Gasteiger partial charge in [-0.1, -0.05) is 17.7 Å². The van der Waals surface area contributed by atoms with Crippen molar-refractivity contribution in [2.75, 3.05) is 23.8 Å². The fourth-order valence-electron chi connectivity index (χ4n) is 3.06. The predicted octanol–water partition coefficient (Wildman–Crippen LogP) is 6.18. The monoisotopic (exact) mass is 528 g/mol. The van der Waals surface area contributed by atoms with Crippen molar-refractivity contribution < 1.29 is 29.0 Å². The van der Waals surface area contributed by atoms with Crippen LogP contribution in [-0.2, 0) is 9.53 Å². The lowest BCUT2D eigenvalue weighted by molar-refractivity contribution is -0.136. The van der Waals surface area contributed by atoms with Gasteiger partial charge in [0, 0.05) is 39.3 Å². The summed E-state index contributed by atoms with van der Waals surface area (Å²) in [5, 5.41) is 14.7.